The Morgan fingerprint density at radius 3 is 2.44 bits per heavy atom. The van der Waals surface area contributed by atoms with E-state index >= 15 is 0 Å². The van der Waals surface area contributed by atoms with Crippen molar-refractivity contribution in [2.75, 3.05) is 0 Å². The lowest BCUT2D eigenvalue weighted by Gasteiger charge is -2.28. The summed E-state index contributed by atoms with van der Waals surface area (Å²) in [6.07, 6.45) is -1.15. The first-order valence-electron chi connectivity index (χ1n) is 11.4. The van der Waals surface area contributed by atoms with Gasteiger partial charge in [-0.1, -0.05) is 28.9 Å². The Morgan fingerprint density at radius 2 is 1.78 bits per heavy atom. The van der Waals surface area contributed by atoms with E-state index in [1.54, 1.807) is 16.8 Å². The average molecular weight is 521 g/mol. The summed E-state index contributed by atoms with van der Waals surface area (Å²) in [5, 5.41) is 20.0. The minimum absolute atomic E-state index is 0.604. The second-order valence-corrected chi connectivity index (χ2v) is 11.2. The standard InChI is InChI=1S/C27H25ClN4O3S/c1-14-12-19-24(36-25(29-19)16-8-11-20-18(13-16)30-31-32(20)5)22(15-6-9-17(28)10-7-15)21(14)23(26(33)34)35-27(2,3)4/h6-13,23H,1-5H3,(H,33,34). The molecule has 0 saturated carbocycles. The number of aromatic nitrogens is 4. The Bertz CT molecular complexity index is 1620. The van der Waals surface area contributed by atoms with Gasteiger partial charge in [0.15, 0.2) is 6.10 Å². The van der Waals surface area contributed by atoms with Gasteiger partial charge >= 0.3 is 5.97 Å². The van der Waals surface area contributed by atoms with E-state index in [-0.39, 0.29) is 0 Å². The number of hydrogen-bond donors (Lipinski definition) is 1. The predicted octanol–water partition coefficient (Wildman–Crippen LogP) is 6.81. The van der Waals surface area contributed by atoms with Gasteiger partial charge in [0, 0.05) is 28.8 Å². The van der Waals surface area contributed by atoms with Gasteiger partial charge in [-0.3, -0.25) is 0 Å². The molecule has 2 heterocycles. The van der Waals surface area contributed by atoms with E-state index in [2.05, 4.69) is 10.3 Å². The van der Waals surface area contributed by atoms with Crippen LogP contribution in [0.2, 0.25) is 5.02 Å². The van der Waals surface area contributed by atoms with Gasteiger partial charge in [-0.25, -0.2) is 14.5 Å². The fraction of sp³-hybridized carbons (Fsp3) is 0.259. The molecule has 0 aliphatic heterocycles. The van der Waals surface area contributed by atoms with E-state index in [1.807, 2.05) is 71.1 Å². The third-order valence-electron chi connectivity index (χ3n) is 5.88. The van der Waals surface area contributed by atoms with E-state index in [0.717, 1.165) is 48.5 Å². The zero-order chi connectivity index (χ0) is 25.8. The fourth-order valence-electron chi connectivity index (χ4n) is 4.34. The van der Waals surface area contributed by atoms with E-state index < -0.39 is 17.7 Å². The van der Waals surface area contributed by atoms with Gasteiger partial charge in [0.05, 0.1) is 21.3 Å². The van der Waals surface area contributed by atoms with Crippen molar-refractivity contribution in [2.24, 2.45) is 7.05 Å². The maximum Gasteiger partial charge on any atom is 0.337 e. The van der Waals surface area contributed by atoms with Gasteiger partial charge in [-0.2, -0.15) is 0 Å². The molecule has 0 spiro atoms. The normalized spacial score (nSPS) is 12.9. The molecule has 5 aromatic rings. The molecule has 184 valence electrons. The van der Waals surface area contributed by atoms with Crippen molar-refractivity contribution in [1.29, 1.82) is 0 Å². The minimum Gasteiger partial charge on any atom is -0.479 e. The molecule has 0 fully saturated rings. The zero-order valence-electron chi connectivity index (χ0n) is 20.5. The number of carbonyl (C=O) groups is 1. The molecule has 1 N–H and O–H groups in total. The monoisotopic (exact) mass is 520 g/mol. The Kier molecular flexibility index (Phi) is 6.06. The first-order valence-corrected chi connectivity index (χ1v) is 12.6. The number of carboxylic acid groups (broad SMARTS) is 1. The van der Waals surface area contributed by atoms with Crippen LogP contribution in [0.4, 0.5) is 0 Å². The second kappa shape index (κ2) is 8.96. The van der Waals surface area contributed by atoms with Crippen molar-refractivity contribution in [3.05, 3.63) is 64.7 Å². The number of rotatable bonds is 5. The summed E-state index contributed by atoms with van der Waals surface area (Å²) in [6, 6.07) is 15.3. The van der Waals surface area contributed by atoms with E-state index in [0.29, 0.717) is 10.6 Å². The van der Waals surface area contributed by atoms with Crippen molar-refractivity contribution in [1.82, 2.24) is 20.0 Å². The van der Waals surface area contributed by atoms with Crippen molar-refractivity contribution in [3.63, 3.8) is 0 Å². The number of aryl methyl sites for hydroxylation is 2. The van der Waals surface area contributed by atoms with E-state index in [4.69, 9.17) is 21.3 Å². The highest BCUT2D eigenvalue weighted by molar-refractivity contribution is 7.22. The van der Waals surface area contributed by atoms with Crippen LogP contribution in [0, 0.1) is 6.92 Å². The highest BCUT2D eigenvalue weighted by Crippen LogP contribution is 2.44. The Hall–Kier alpha value is -3.33. The molecule has 0 amide bonds. The lowest BCUT2D eigenvalue weighted by Crippen LogP contribution is -2.28. The van der Waals surface area contributed by atoms with Gasteiger partial charge in [0.2, 0.25) is 0 Å². The third-order valence-corrected chi connectivity index (χ3v) is 7.27. The predicted molar refractivity (Wildman–Crippen MR) is 144 cm³/mol. The SMILES string of the molecule is Cc1cc2nc(-c3ccc4c(c3)nnn4C)sc2c(-c2ccc(Cl)cc2)c1C(OC(C)(C)C)C(=O)O. The van der Waals surface area contributed by atoms with Crippen LogP contribution in [-0.4, -0.2) is 36.7 Å². The molecule has 1 atom stereocenters. The maximum atomic E-state index is 12.5. The molecule has 0 radical (unpaired) electrons. The van der Waals surface area contributed by atoms with Crippen LogP contribution in [0.1, 0.15) is 38.0 Å². The molecule has 0 aliphatic rings. The first kappa shape index (κ1) is 24.4. The number of halogens is 1. The number of ether oxygens (including phenoxy) is 1. The average Bonchev–Trinajstić information content (AvgIpc) is 3.40. The minimum atomic E-state index is -1.15. The summed E-state index contributed by atoms with van der Waals surface area (Å²) in [5.41, 5.74) is 5.84. The topological polar surface area (TPSA) is 90.1 Å². The molecule has 5 rings (SSSR count). The van der Waals surface area contributed by atoms with Crippen LogP contribution in [0.5, 0.6) is 0 Å². The van der Waals surface area contributed by atoms with Crippen LogP contribution in [0.3, 0.4) is 0 Å². The largest absolute Gasteiger partial charge is 0.479 e. The summed E-state index contributed by atoms with van der Waals surface area (Å²) < 4.78 is 8.70. The van der Waals surface area contributed by atoms with Gasteiger partial charge < -0.3 is 9.84 Å². The summed E-state index contributed by atoms with van der Waals surface area (Å²) in [7, 11) is 1.86. The maximum absolute atomic E-state index is 12.5. The highest BCUT2D eigenvalue weighted by Gasteiger charge is 2.32. The molecule has 2 aromatic heterocycles. The molecular weight excluding hydrogens is 496 g/mol. The molecule has 0 bridgehead atoms. The van der Waals surface area contributed by atoms with Gasteiger partial charge in [-0.15, -0.1) is 16.4 Å². The molecule has 1 unspecified atom stereocenters. The van der Waals surface area contributed by atoms with Crippen LogP contribution in [0.15, 0.2) is 48.5 Å². The van der Waals surface area contributed by atoms with Gasteiger partial charge in [0.1, 0.15) is 10.5 Å². The summed E-state index contributed by atoms with van der Waals surface area (Å²) in [5.74, 6) is -1.04. The summed E-state index contributed by atoms with van der Waals surface area (Å²) in [6.45, 7) is 7.46. The van der Waals surface area contributed by atoms with Crippen LogP contribution >= 0.6 is 22.9 Å². The first-order chi connectivity index (χ1) is 17.0. The molecule has 3 aromatic carbocycles. The van der Waals surface area contributed by atoms with Crippen molar-refractivity contribution < 1.29 is 14.6 Å². The number of fused-ring (bicyclic) bond motifs is 2. The Balaban J connectivity index is 1.78. The quantitative estimate of drug-likeness (QED) is 0.273. The summed E-state index contributed by atoms with van der Waals surface area (Å²) >= 11 is 7.69. The van der Waals surface area contributed by atoms with Crippen LogP contribution in [0.25, 0.3) is 42.9 Å². The Labute approximate surface area is 217 Å². The molecule has 7 nitrogen and oxygen atoms in total. The number of hydrogen-bond acceptors (Lipinski definition) is 6. The second-order valence-electron chi connectivity index (χ2n) is 9.72. The van der Waals surface area contributed by atoms with Crippen molar-refractivity contribution in [3.8, 4) is 21.7 Å². The van der Waals surface area contributed by atoms with E-state index in [9.17, 15) is 9.90 Å². The number of aliphatic carboxylic acids is 1. The number of nitrogens with zero attached hydrogens (tertiary/aromatic N) is 4. The summed E-state index contributed by atoms with van der Waals surface area (Å²) in [4.78, 5) is 17.4. The number of thiazole rings is 1. The molecule has 0 saturated heterocycles. The van der Waals surface area contributed by atoms with E-state index in [1.165, 1.54) is 11.3 Å². The van der Waals surface area contributed by atoms with Gasteiger partial charge in [0.25, 0.3) is 0 Å². The lowest BCUT2D eigenvalue weighted by molar-refractivity contribution is -0.160. The van der Waals surface area contributed by atoms with Crippen LogP contribution < -0.4 is 0 Å². The molecule has 0 aliphatic carbocycles. The molecule has 36 heavy (non-hydrogen) atoms. The lowest BCUT2D eigenvalue weighted by atomic mass is 9.91. The van der Waals surface area contributed by atoms with Gasteiger partial charge in [-0.05, 0) is 75.2 Å². The molecular formula is C27H25ClN4O3S. The number of benzene rings is 3. The van der Waals surface area contributed by atoms with Crippen molar-refractivity contribution >= 4 is 50.2 Å². The third kappa shape index (κ3) is 4.48. The van der Waals surface area contributed by atoms with Crippen LogP contribution in [-0.2, 0) is 16.6 Å². The fourth-order valence-corrected chi connectivity index (χ4v) is 5.58. The highest BCUT2D eigenvalue weighted by atomic mass is 35.5. The smallest absolute Gasteiger partial charge is 0.337 e. The zero-order valence-corrected chi connectivity index (χ0v) is 22.1. The van der Waals surface area contributed by atoms with Crippen molar-refractivity contribution in [2.45, 2.75) is 39.4 Å². The number of carboxylic acids is 1. The molecule has 9 heteroatoms. The Morgan fingerprint density at radius 1 is 1.08 bits per heavy atom.